The molecule has 0 spiro atoms. The quantitative estimate of drug-likeness (QED) is 0.862. The summed E-state index contributed by atoms with van der Waals surface area (Å²) in [7, 11) is 0. The molecule has 1 heterocycles. The molecule has 92 valence electrons. The number of hydrogen-bond acceptors (Lipinski definition) is 3. The van der Waals surface area contributed by atoms with Crippen LogP contribution in [0.25, 0.3) is 0 Å². The highest BCUT2D eigenvalue weighted by atomic mass is 15.0. The fraction of sp³-hybridized carbons (Fsp3) is 0.267. The van der Waals surface area contributed by atoms with Crippen LogP contribution >= 0.6 is 0 Å². The van der Waals surface area contributed by atoms with Gasteiger partial charge in [-0.05, 0) is 30.0 Å². The number of benzene rings is 1. The van der Waals surface area contributed by atoms with Crippen LogP contribution in [0, 0.1) is 0 Å². The summed E-state index contributed by atoms with van der Waals surface area (Å²) in [6, 6.07) is 14.7. The minimum Gasteiger partial charge on any atom is -0.367 e. The first-order chi connectivity index (χ1) is 8.83. The summed E-state index contributed by atoms with van der Waals surface area (Å²) in [5.74, 6) is 0.946. The van der Waals surface area contributed by atoms with Gasteiger partial charge < -0.3 is 11.1 Å². The van der Waals surface area contributed by atoms with E-state index in [4.69, 9.17) is 5.73 Å². The lowest BCUT2D eigenvalue weighted by molar-refractivity contribution is 0.863. The lowest BCUT2D eigenvalue weighted by atomic mass is 10.0. The summed E-state index contributed by atoms with van der Waals surface area (Å²) in [6.45, 7) is 0. The number of nitrogens with two attached hydrogens (primary N) is 1. The van der Waals surface area contributed by atoms with E-state index in [-0.39, 0.29) is 6.04 Å². The molecule has 1 atom stereocenters. The number of anilines is 1. The van der Waals surface area contributed by atoms with E-state index in [1.807, 2.05) is 42.6 Å². The van der Waals surface area contributed by atoms with Crippen molar-refractivity contribution in [2.45, 2.75) is 24.9 Å². The minimum absolute atomic E-state index is 0.103. The molecule has 1 aromatic heterocycles. The van der Waals surface area contributed by atoms with Crippen molar-refractivity contribution in [1.29, 1.82) is 0 Å². The van der Waals surface area contributed by atoms with Gasteiger partial charge >= 0.3 is 0 Å². The van der Waals surface area contributed by atoms with Gasteiger partial charge in [-0.1, -0.05) is 36.4 Å². The lowest BCUT2D eigenvalue weighted by Gasteiger charge is -2.12. The number of aromatic nitrogens is 1. The predicted molar refractivity (Wildman–Crippen MR) is 73.4 cm³/mol. The van der Waals surface area contributed by atoms with E-state index in [0.717, 1.165) is 16.9 Å². The maximum Gasteiger partial charge on any atom is 0.126 e. The van der Waals surface area contributed by atoms with Crippen molar-refractivity contribution in [3.05, 3.63) is 59.8 Å². The summed E-state index contributed by atoms with van der Waals surface area (Å²) >= 11 is 0. The van der Waals surface area contributed by atoms with Crippen LogP contribution in [0.3, 0.4) is 0 Å². The molecule has 0 radical (unpaired) electrons. The van der Waals surface area contributed by atoms with Gasteiger partial charge in [0.2, 0.25) is 0 Å². The first-order valence-corrected chi connectivity index (χ1v) is 6.36. The fourth-order valence-corrected chi connectivity index (χ4v) is 1.96. The molecule has 3 heteroatoms. The molecule has 0 saturated heterocycles. The Hall–Kier alpha value is -1.87. The number of nitrogens with one attached hydrogen (secondary N) is 1. The highest BCUT2D eigenvalue weighted by Crippen LogP contribution is 2.24. The van der Waals surface area contributed by atoms with Gasteiger partial charge in [-0.2, -0.15) is 0 Å². The van der Waals surface area contributed by atoms with Gasteiger partial charge in [0.05, 0.1) is 6.04 Å². The topological polar surface area (TPSA) is 50.9 Å². The SMILES string of the molecule is N[C@H](c1ccccc1)c1ccc(NC2CC2)nc1. The van der Waals surface area contributed by atoms with Gasteiger partial charge in [-0.3, -0.25) is 0 Å². The molecule has 3 rings (SSSR count). The third kappa shape index (κ3) is 2.51. The van der Waals surface area contributed by atoms with Crippen LogP contribution in [0.1, 0.15) is 30.0 Å². The average Bonchev–Trinajstić information content (AvgIpc) is 3.24. The Morgan fingerprint density at radius 2 is 1.83 bits per heavy atom. The molecule has 3 nitrogen and oxygen atoms in total. The largest absolute Gasteiger partial charge is 0.367 e. The number of rotatable bonds is 4. The zero-order valence-corrected chi connectivity index (χ0v) is 10.2. The van der Waals surface area contributed by atoms with Crippen molar-refractivity contribution < 1.29 is 0 Å². The van der Waals surface area contributed by atoms with Crippen LogP contribution in [0.2, 0.25) is 0 Å². The van der Waals surface area contributed by atoms with E-state index in [1.54, 1.807) is 0 Å². The van der Waals surface area contributed by atoms with Gasteiger partial charge in [0.25, 0.3) is 0 Å². The van der Waals surface area contributed by atoms with Crippen LogP contribution < -0.4 is 11.1 Å². The molecule has 0 amide bonds. The molecule has 3 N–H and O–H groups in total. The van der Waals surface area contributed by atoms with Crippen molar-refractivity contribution in [2.75, 3.05) is 5.32 Å². The Bertz CT molecular complexity index is 503. The molecule has 18 heavy (non-hydrogen) atoms. The molecule has 0 aliphatic heterocycles. The summed E-state index contributed by atoms with van der Waals surface area (Å²) in [4.78, 5) is 4.41. The van der Waals surface area contributed by atoms with Crippen molar-refractivity contribution >= 4 is 5.82 Å². The van der Waals surface area contributed by atoms with Crippen molar-refractivity contribution in [3.8, 4) is 0 Å². The van der Waals surface area contributed by atoms with E-state index in [9.17, 15) is 0 Å². The summed E-state index contributed by atoms with van der Waals surface area (Å²) in [5, 5.41) is 3.37. The summed E-state index contributed by atoms with van der Waals surface area (Å²) in [6.07, 6.45) is 4.38. The monoisotopic (exact) mass is 239 g/mol. The standard InChI is InChI=1S/C15H17N3/c16-15(11-4-2-1-3-5-11)12-6-9-14(17-10-12)18-13-7-8-13/h1-6,9-10,13,15H,7-8,16H2,(H,17,18)/t15-/m1/s1. The van der Waals surface area contributed by atoms with Crippen LogP contribution in [0.4, 0.5) is 5.82 Å². The first kappa shape index (κ1) is 11.2. The predicted octanol–water partition coefficient (Wildman–Crippen LogP) is 2.70. The Balaban J connectivity index is 1.75. The molecule has 1 aliphatic carbocycles. The van der Waals surface area contributed by atoms with Crippen LogP contribution in [0.15, 0.2) is 48.7 Å². The number of hydrogen-bond donors (Lipinski definition) is 2. The second-order valence-corrected chi connectivity index (χ2v) is 4.78. The fourth-order valence-electron chi connectivity index (χ4n) is 1.96. The van der Waals surface area contributed by atoms with E-state index < -0.39 is 0 Å². The second-order valence-electron chi connectivity index (χ2n) is 4.78. The van der Waals surface area contributed by atoms with Crippen LogP contribution in [0.5, 0.6) is 0 Å². The van der Waals surface area contributed by atoms with E-state index in [2.05, 4.69) is 16.4 Å². The second kappa shape index (κ2) is 4.78. The van der Waals surface area contributed by atoms with E-state index in [1.165, 1.54) is 12.8 Å². The van der Waals surface area contributed by atoms with Crippen LogP contribution in [-0.4, -0.2) is 11.0 Å². The van der Waals surface area contributed by atoms with Gasteiger partial charge in [-0.25, -0.2) is 4.98 Å². The Morgan fingerprint density at radius 3 is 2.44 bits per heavy atom. The molecule has 1 aromatic carbocycles. The van der Waals surface area contributed by atoms with Gasteiger partial charge in [0.1, 0.15) is 5.82 Å². The zero-order chi connectivity index (χ0) is 12.4. The van der Waals surface area contributed by atoms with Crippen molar-refractivity contribution in [1.82, 2.24) is 4.98 Å². The number of pyridine rings is 1. The zero-order valence-electron chi connectivity index (χ0n) is 10.2. The van der Waals surface area contributed by atoms with Gasteiger partial charge in [-0.15, -0.1) is 0 Å². The Kier molecular flexibility index (Phi) is 2.99. The average molecular weight is 239 g/mol. The molecule has 0 unspecified atom stereocenters. The third-order valence-electron chi connectivity index (χ3n) is 3.23. The first-order valence-electron chi connectivity index (χ1n) is 6.36. The van der Waals surface area contributed by atoms with Crippen molar-refractivity contribution in [2.24, 2.45) is 5.73 Å². The van der Waals surface area contributed by atoms with E-state index >= 15 is 0 Å². The molecule has 2 aromatic rings. The van der Waals surface area contributed by atoms with Gasteiger partial charge in [0.15, 0.2) is 0 Å². The molecule has 0 bridgehead atoms. The van der Waals surface area contributed by atoms with Gasteiger partial charge in [0, 0.05) is 12.2 Å². The molecular formula is C15H17N3. The summed E-state index contributed by atoms with van der Waals surface area (Å²) < 4.78 is 0. The Morgan fingerprint density at radius 1 is 1.06 bits per heavy atom. The maximum atomic E-state index is 6.22. The Labute approximate surface area is 107 Å². The molecular weight excluding hydrogens is 222 g/mol. The third-order valence-corrected chi connectivity index (χ3v) is 3.23. The highest BCUT2D eigenvalue weighted by molar-refractivity contribution is 5.40. The van der Waals surface area contributed by atoms with Crippen LogP contribution in [-0.2, 0) is 0 Å². The normalized spacial score (nSPS) is 16.3. The van der Waals surface area contributed by atoms with Crippen molar-refractivity contribution in [3.63, 3.8) is 0 Å². The minimum atomic E-state index is -0.103. The van der Waals surface area contributed by atoms with E-state index in [0.29, 0.717) is 6.04 Å². The maximum absolute atomic E-state index is 6.22. The summed E-state index contributed by atoms with van der Waals surface area (Å²) in [5.41, 5.74) is 8.38. The number of nitrogens with zero attached hydrogens (tertiary/aromatic N) is 1. The molecule has 1 aliphatic rings. The smallest absolute Gasteiger partial charge is 0.126 e. The lowest BCUT2D eigenvalue weighted by Crippen LogP contribution is -2.12. The molecule has 1 fully saturated rings. The molecule has 1 saturated carbocycles. The highest BCUT2D eigenvalue weighted by Gasteiger charge is 2.21.